The second-order valence-corrected chi connectivity index (χ2v) is 3.77. The Morgan fingerprint density at radius 2 is 2.21 bits per heavy atom. The molecule has 3 nitrogen and oxygen atoms in total. The molecular formula is C10H11N3S. The van der Waals surface area contributed by atoms with Crippen molar-refractivity contribution in [3.05, 3.63) is 35.2 Å². The van der Waals surface area contributed by atoms with Gasteiger partial charge in [0.25, 0.3) is 0 Å². The zero-order valence-corrected chi connectivity index (χ0v) is 8.64. The Labute approximate surface area is 86.2 Å². The Hall–Kier alpha value is -1.39. The van der Waals surface area contributed by atoms with Crippen LogP contribution in [0.1, 0.15) is 5.56 Å². The smallest absolute Gasteiger partial charge is 0.143 e. The van der Waals surface area contributed by atoms with Crippen LogP contribution < -0.4 is 11.3 Å². The zero-order chi connectivity index (χ0) is 9.97. The van der Waals surface area contributed by atoms with Crippen LogP contribution in [0.4, 0.5) is 0 Å². The lowest BCUT2D eigenvalue weighted by Crippen LogP contribution is -2.30. The summed E-state index contributed by atoms with van der Waals surface area (Å²) in [6.45, 7) is 0. The van der Waals surface area contributed by atoms with Gasteiger partial charge in [-0.05, 0) is 6.07 Å². The molecule has 0 atom stereocenters. The van der Waals surface area contributed by atoms with Crippen LogP contribution in [-0.4, -0.2) is 12.9 Å². The van der Waals surface area contributed by atoms with Crippen LogP contribution in [0, 0.1) is 0 Å². The predicted molar refractivity (Wildman–Crippen MR) is 61.6 cm³/mol. The number of nitrogens with one attached hydrogen (secondary N) is 1. The van der Waals surface area contributed by atoms with Crippen LogP contribution in [0.2, 0.25) is 0 Å². The molecule has 0 saturated carbocycles. The average Bonchev–Trinajstić information content (AvgIpc) is 2.65. The number of nitrogens with zero attached hydrogens (tertiary/aromatic N) is 1. The van der Waals surface area contributed by atoms with Gasteiger partial charge in [0, 0.05) is 28.1 Å². The predicted octanol–water partition coefficient (Wildman–Crippen LogP) is 1.74. The fraction of sp³-hybridized carbons (Fsp3) is 0.100. The topological polar surface area (TPSA) is 50.4 Å². The number of benzene rings is 1. The quantitative estimate of drug-likeness (QED) is 0.322. The largest absolute Gasteiger partial charge is 0.308 e. The lowest BCUT2D eigenvalue weighted by Gasteiger charge is -2.02. The van der Waals surface area contributed by atoms with Gasteiger partial charge in [-0.1, -0.05) is 18.2 Å². The summed E-state index contributed by atoms with van der Waals surface area (Å²) in [7, 11) is 1.72. The van der Waals surface area contributed by atoms with Crippen molar-refractivity contribution in [2.45, 2.75) is 0 Å². The molecule has 0 unspecified atom stereocenters. The molecule has 0 amide bonds. The molecular weight excluding hydrogens is 194 g/mol. The Bertz CT molecular complexity index is 473. The van der Waals surface area contributed by atoms with Crippen molar-refractivity contribution in [2.75, 3.05) is 7.05 Å². The lowest BCUT2D eigenvalue weighted by molar-refractivity contribution is 1.02. The van der Waals surface area contributed by atoms with Crippen molar-refractivity contribution >= 4 is 27.3 Å². The third-order valence-corrected chi connectivity index (χ3v) is 3.06. The Morgan fingerprint density at radius 3 is 2.93 bits per heavy atom. The van der Waals surface area contributed by atoms with Crippen LogP contribution in [0.3, 0.4) is 0 Å². The third kappa shape index (κ3) is 1.38. The highest BCUT2D eigenvalue weighted by Gasteiger charge is 2.07. The van der Waals surface area contributed by atoms with Crippen molar-refractivity contribution in [1.29, 1.82) is 0 Å². The first-order chi connectivity index (χ1) is 6.86. The van der Waals surface area contributed by atoms with Crippen LogP contribution in [0.25, 0.3) is 10.1 Å². The number of nitrogens with two attached hydrogens (primary N) is 1. The van der Waals surface area contributed by atoms with E-state index in [0.29, 0.717) is 0 Å². The van der Waals surface area contributed by atoms with E-state index in [1.54, 1.807) is 18.4 Å². The van der Waals surface area contributed by atoms with E-state index in [-0.39, 0.29) is 0 Å². The lowest BCUT2D eigenvalue weighted by atomic mass is 10.1. The van der Waals surface area contributed by atoms with Crippen molar-refractivity contribution in [2.24, 2.45) is 10.8 Å². The summed E-state index contributed by atoms with van der Waals surface area (Å²) >= 11 is 1.70. The van der Waals surface area contributed by atoms with Crippen molar-refractivity contribution in [3.63, 3.8) is 0 Å². The molecule has 72 valence electrons. The second-order valence-electron chi connectivity index (χ2n) is 2.86. The fourth-order valence-electron chi connectivity index (χ4n) is 1.42. The zero-order valence-electron chi connectivity index (χ0n) is 7.82. The fourth-order valence-corrected chi connectivity index (χ4v) is 2.37. The molecule has 0 bridgehead atoms. The van der Waals surface area contributed by atoms with Crippen molar-refractivity contribution in [3.8, 4) is 0 Å². The van der Waals surface area contributed by atoms with E-state index in [2.05, 4.69) is 27.9 Å². The van der Waals surface area contributed by atoms with E-state index in [4.69, 9.17) is 5.84 Å². The number of hydrogen-bond donors (Lipinski definition) is 2. The molecule has 0 aliphatic carbocycles. The van der Waals surface area contributed by atoms with Gasteiger partial charge < -0.3 is 5.43 Å². The molecule has 2 aromatic rings. The molecule has 14 heavy (non-hydrogen) atoms. The molecule has 0 saturated heterocycles. The van der Waals surface area contributed by atoms with E-state index in [1.807, 2.05) is 12.1 Å². The summed E-state index contributed by atoms with van der Waals surface area (Å²) in [6.07, 6.45) is 0. The van der Waals surface area contributed by atoms with Gasteiger partial charge in [0.2, 0.25) is 0 Å². The summed E-state index contributed by atoms with van der Waals surface area (Å²) < 4.78 is 1.25. The molecule has 2 rings (SSSR count). The van der Waals surface area contributed by atoms with E-state index < -0.39 is 0 Å². The van der Waals surface area contributed by atoms with Gasteiger partial charge in [-0.3, -0.25) is 4.99 Å². The van der Waals surface area contributed by atoms with Gasteiger partial charge in [0.1, 0.15) is 5.84 Å². The van der Waals surface area contributed by atoms with Crippen LogP contribution in [0.15, 0.2) is 34.6 Å². The third-order valence-electron chi connectivity index (χ3n) is 2.10. The highest BCUT2D eigenvalue weighted by molar-refractivity contribution is 7.17. The monoisotopic (exact) mass is 205 g/mol. The number of rotatable bonds is 1. The molecule has 4 heteroatoms. The number of amidine groups is 1. The van der Waals surface area contributed by atoms with E-state index in [0.717, 1.165) is 11.4 Å². The molecule has 0 fully saturated rings. The minimum absolute atomic E-state index is 0.724. The Balaban J connectivity index is 2.63. The maximum absolute atomic E-state index is 5.39. The molecule has 0 aliphatic heterocycles. The first kappa shape index (κ1) is 9.18. The summed E-state index contributed by atoms with van der Waals surface area (Å²) in [6, 6.07) is 8.21. The maximum Gasteiger partial charge on any atom is 0.143 e. The summed E-state index contributed by atoms with van der Waals surface area (Å²) in [5.41, 5.74) is 3.67. The van der Waals surface area contributed by atoms with Gasteiger partial charge in [-0.25, -0.2) is 5.84 Å². The van der Waals surface area contributed by atoms with E-state index in [1.165, 1.54) is 10.1 Å². The number of hydrogen-bond acceptors (Lipinski definition) is 3. The normalized spacial score (nSPS) is 12.0. The minimum atomic E-state index is 0.724. The Kier molecular flexibility index (Phi) is 2.47. The van der Waals surface area contributed by atoms with Gasteiger partial charge >= 0.3 is 0 Å². The number of thiophene rings is 1. The Morgan fingerprint density at radius 1 is 1.43 bits per heavy atom. The van der Waals surface area contributed by atoms with Crippen molar-refractivity contribution < 1.29 is 0 Å². The molecule has 0 aliphatic rings. The molecule has 0 spiro atoms. The number of hydrazine groups is 1. The molecule has 0 radical (unpaired) electrons. The first-order valence-electron chi connectivity index (χ1n) is 4.27. The van der Waals surface area contributed by atoms with Gasteiger partial charge in [0.05, 0.1) is 0 Å². The van der Waals surface area contributed by atoms with E-state index >= 15 is 0 Å². The van der Waals surface area contributed by atoms with Crippen LogP contribution in [0.5, 0.6) is 0 Å². The molecule has 1 aromatic heterocycles. The SMILES string of the molecule is CN=C(NN)c1csc2ccccc12. The van der Waals surface area contributed by atoms with Crippen LogP contribution in [-0.2, 0) is 0 Å². The standard InChI is InChI=1S/C10H11N3S/c1-12-10(13-11)8-6-14-9-5-3-2-4-7(8)9/h2-6H,11H2,1H3,(H,12,13). The summed E-state index contributed by atoms with van der Waals surface area (Å²) in [5, 5.41) is 3.25. The summed E-state index contributed by atoms with van der Waals surface area (Å²) in [4.78, 5) is 4.09. The van der Waals surface area contributed by atoms with Crippen molar-refractivity contribution in [1.82, 2.24) is 5.43 Å². The summed E-state index contributed by atoms with van der Waals surface area (Å²) in [5.74, 6) is 6.11. The molecule has 1 aromatic carbocycles. The second kappa shape index (κ2) is 3.77. The highest BCUT2D eigenvalue weighted by atomic mass is 32.1. The van der Waals surface area contributed by atoms with Gasteiger partial charge in [-0.2, -0.15) is 0 Å². The van der Waals surface area contributed by atoms with E-state index in [9.17, 15) is 0 Å². The number of fused-ring (bicyclic) bond motifs is 1. The van der Waals surface area contributed by atoms with Gasteiger partial charge in [0.15, 0.2) is 0 Å². The maximum atomic E-state index is 5.39. The first-order valence-corrected chi connectivity index (χ1v) is 5.15. The van der Waals surface area contributed by atoms with Gasteiger partial charge in [-0.15, -0.1) is 11.3 Å². The van der Waals surface area contributed by atoms with Crippen LogP contribution >= 0.6 is 11.3 Å². The minimum Gasteiger partial charge on any atom is -0.308 e. The average molecular weight is 205 g/mol. The highest BCUT2D eigenvalue weighted by Crippen LogP contribution is 2.25. The molecule has 3 N–H and O–H groups in total. The molecule has 1 heterocycles. The number of aliphatic imine (C=N–C) groups is 1.